The molecule has 0 amide bonds. The van der Waals surface area contributed by atoms with Crippen molar-refractivity contribution in [2.45, 2.75) is 0 Å². The molecule has 14 heavy (non-hydrogen) atoms. The van der Waals surface area contributed by atoms with E-state index in [2.05, 4.69) is 0 Å². The van der Waals surface area contributed by atoms with Crippen molar-refractivity contribution in [3.8, 4) is 0 Å². The molecule has 1 aromatic rings. The molecule has 8 nitrogen and oxygen atoms in total. The second-order valence-electron chi connectivity index (χ2n) is 1.60. The van der Waals surface area contributed by atoms with Crippen LogP contribution < -0.4 is 43.7 Å². The van der Waals surface area contributed by atoms with Gasteiger partial charge in [0.1, 0.15) is 0 Å². The normalized spacial score (nSPS) is 7.86. The van der Waals surface area contributed by atoms with Crippen LogP contribution in [0.1, 0.15) is 1.43 Å². The fourth-order valence-corrected chi connectivity index (χ4v) is 0.736. The van der Waals surface area contributed by atoms with Gasteiger partial charge in [-0.05, 0) is 14.2 Å². The molecule has 0 spiro atoms. The Kier molecular flexibility index (Phi) is 10.1. The predicted molar refractivity (Wildman–Crippen MR) is 41.7 cm³/mol. The van der Waals surface area contributed by atoms with Gasteiger partial charge in [0.2, 0.25) is 0 Å². The predicted octanol–water partition coefficient (Wildman–Crippen LogP) is -5.64. The minimum atomic E-state index is -0.720. The van der Waals surface area contributed by atoms with Crippen LogP contribution >= 0.6 is 23.2 Å². The molecule has 4 N–H and O–H groups in total. The first-order valence-electron chi connectivity index (χ1n) is 2.34. The number of hydrogen-bond acceptors (Lipinski definition) is 3. The summed E-state index contributed by atoms with van der Waals surface area (Å²) in [6.07, 6.45) is 0.499. The maximum atomic E-state index is 10.6. The van der Waals surface area contributed by atoms with Gasteiger partial charge in [0.25, 0.3) is 0 Å². The van der Waals surface area contributed by atoms with Gasteiger partial charge >= 0.3 is 46.5 Å². The van der Waals surface area contributed by atoms with E-state index in [1.54, 1.807) is 0 Å². The molecule has 11 heteroatoms. The second kappa shape index (κ2) is 7.23. The summed E-state index contributed by atoms with van der Waals surface area (Å²) in [5, 5.41) is 30.2. The zero-order valence-corrected chi connectivity index (χ0v) is 10.4. The minimum Gasteiger partial charge on any atom is -1.00 e. The maximum absolute atomic E-state index is 10.6. The van der Waals surface area contributed by atoms with Crippen LogP contribution in [0.2, 0.25) is 10.6 Å². The summed E-state index contributed by atoms with van der Waals surface area (Å²) in [6, 6.07) is 0. The molecule has 78 valence electrons. The minimum absolute atomic E-state index is 0. The third-order valence-corrected chi connectivity index (χ3v) is 1.55. The van der Waals surface area contributed by atoms with Crippen LogP contribution in [-0.4, -0.2) is 11.0 Å². The first-order chi connectivity index (χ1) is 5.04. The zero-order chi connectivity index (χ0) is 8.59. The van der Waals surface area contributed by atoms with Crippen LogP contribution in [0.4, 0.5) is 0 Å². The summed E-state index contributed by atoms with van der Waals surface area (Å²) < 4.78 is -0.357. The van der Waals surface area contributed by atoms with Crippen molar-refractivity contribution in [3.05, 3.63) is 32.5 Å². The Labute approximate surface area is 111 Å². The van der Waals surface area contributed by atoms with E-state index in [4.69, 9.17) is 23.2 Å². The summed E-state index contributed by atoms with van der Waals surface area (Å²) in [5.74, 6) is 0. The molecule has 0 saturated carbocycles. The van der Waals surface area contributed by atoms with E-state index in [0.717, 1.165) is 0 Å². The quantitative estimate of drug-likeness (QED) is 0.260. The monoisotopic (exact) mass is 257 g/mol. The Bertz CT molecular complexity index is 292. The van der Waals surface area contributed by atoms with Gasteiger partial charge in [0, 0.05) is 0 Å². The van der Waals surface area contributed by atoms with E-state index in [1.165, 1.54) is 0 Å². The molecule has 0 bridgehead atoms. The Morgan fingerprint density at radius 3 is 1.57 bits per heavy atom. The van der Waals surface area contributed by atoms with Gasteiger partial charge < -0.3 is 28.0 Å². The molecule has 0 fully saturated rings. The number of halogens is 2. The van der Waals surface area contributed by atoms with Gasteiger partial charge in [-0.2, -0.15) is 0 Å². The SMILES string of the molecule is O.O.[H-].[Na+].[O-][n+]1c[n+]([O-])c(Cl)[n+]([O-])c1Cl. The second-order valence-corrected chi connectivity index (χ2v) is 2.28. The summed E-state index contributed by atoms with van der Waals surface area (Å²) >= 11 is 10.2. The average molecular weight is 258 g/mol. The van der Waals surface area contributed by atoms with Crippen molar-refractivity contribution in [3.63, 3.8) is 0 Å². The van der Waals surface area contributed by atoms with E-state index in [0.29, 0.717) is 6.33 Å². The molecule has 1 aromatic heterocycles. The molecule has 0 aromatic carbocycles. The molecule has 0 saturated heterocycles. The van der Waals surface area contributed by atoms with Crippen molar-refractivity contribution in [2.24, 2.45) is 0 Å². The standard InChI is InChI=1S/C3HCl2N3O3.Na.2H2O.H/c4-2-6(9)1-7(10)3(5)8(2)11;;;;/h1H;;2*1H2;/q;+1;;;-1. The van der Waals surface area contributed by atoms with Crippen molar-refractivity contribution in [1.82, 2.24) is 0 Å². The van der Waals surface area contributed by atoms with Gasteiger partial charge in [0.15, 0.2) is 0 Å². The van der Waals surface area contributed by atoms with E-state index in [9.17, 15) is 15.6 Å². The first-order valence-corrected chi connectivity index (χ1v) is 3.09. The van der Waals surface area contributed by atoms with Crippen LogP contribution in [0.3, 0.4) is 0 Å². The Hall–Kier alpha value is -0.0900. The number of aromatic nitrogens is 3. The summed E-state index contributed by atoms with van der Waals surface area (Å²) in [4.78, 5) is 0. The molecule has 0 aliphatic carbocycles. The van der Waals surface area contributed by atoms with Crippen LogP contribution in [0.15, 0.2) is 6.33 Å². The van der Waals surface area contributed by atoms with E-state index in [-0.39, 0.29) is 56.1 Å². The summed E-state index contributed by atoms with van der Waals surface area (Å²) in [5.41, 5.74) is 0. The van der Waals surface area contributed by atoms with Gasteiger partial charge in [-0.25, -0.2) is 0 Å². The molecule has 0 radical (unpaired) electrons. The van der Waals surface area contributed by atoms with Gasteiger partial charge in [-0.3, -0.25) is 0 Å². The number of hydrogen-bond donors (Lipinski definition) is 0. The average Bonchev–Trinajstić information content (AvgIpc) is 1.97. The van der Waals surface area contributed by atoms with Crippen molar-refractivity contribution < 1.29 is 56.1 Å². The molecule has 0 aliphatic heterocycles. The summed E-state index contributed by atoms with van der Waals surface area (Å²) in [7, 11) is 0. The third-order valence-electron chi connectivity index (χ3n) is 0.909. The van der Waals surface area contributed by atoms with Gasteiger partial charge in [-0.1, -0.05) is 0 Å². The van der Waals surface area contributed by atoms with Gasteiger partial charge in [-0.15, -0.1) is 0 Å². The molecule has 0 unspecified atom stereocenters. The molecule has 0 atom stereocenters. The molecule has 1 heterocycles. The molecular weight excluding hydrogens is 252 g/mol. The fraction of sp³-hybridized carbons (Fsp3) is 0. The van der Waals surface area contributed by atoms with Gasteiger partial charge in [0.05, 0.1) is 23.2 Å². The Balaban J connectivity index is -0.000000151. The number of nitrogens with zero attached hydrogens (tertiary/aromatic N) is 3. The summed E-state index contributed by atoms with van der Waals surface area (Å²) in [6.45, 7) is 0. The van der Waals surface area contributed by atoms with Crippen molar-refractivity contribution >= 4 is 23.2 Å². The topological polar surface area (TPSA) is 144 Å². The van der Waals surface area contributed by atoms with E-state index < -0.39 is 10.6 Å². The maximum Gasteiger partial charge on any atom is 1.00 e. The Morgan fingerprint density at radius 2 is 1.29 bits per heavy atom. The number of rotatable bonds is 0. The molecule has 1 rings (SSSR count). The first kappa shape index (κ1) is 19.5. The molecule has 0 aliphatic rings. The fourth-order valence-electron chi connectivity index (χ4n) is 0.446. The molecular formula is C3H6Cl2N3NaO5. The van der Waals surface area contributed by atoms with Crippen LogP contribution in [0.25, 0.3) is 0 Å². The smallest absolute Gasteiger partial charge is 1.00 e. The largest absolute Gasteiger partial charge is 1.00 e. The van der Waals surface area contributed by atoms with Crippen LogP contribution in [0.5, 0.6) is 0 Å². The van der Waals surface area contributed by atoms with Crippen LogP contribution in [0, 0.1) is 15.6 Å². The van der Waals surface area contributed by atoms with E-state index in [1.807, 2.05) is 0 Å². The van der Waals surface area contributed by atoms with Crippen LogP contribution in [-0.2, 0) is 0 Å². The Morgan fingerprint density at radius 1 is 1.00 bits per heavy atom. The zero-order valence-electron chi connectivity index (χ0n) is 7.90. The van der Waals surface area contributed by atoms with Crippen molar-refractivity contribution in [2.75, 3.05) is 0 Å². The van der Waals surface area contributed by atoms with E-state index >= 15 is 0 Å². The third kappa shape index (κ3) is 3.58. The van der Waals surface area contributed by atoms with Crippen molar-refractivity contribution in [1.29, 1.82) is 0 Å².